The fraction of sp³-hybridized carbons (Fsp3) is 0.474. The van der Waals surface area contributed by atoms with Crippen LogP contribution in [-0.4, -0.2) is 77.8 Å². The number of aromatic nitrogens is 12. The molecule has 4 heterocycles. The molecular formula is C19H24Br6N12O3. The van der Waals surface area contributed by atoms with Gasteiger partial charge >= 0.3 is 5.97 Å². The van der Waals surface area contributed by atoms with E-state index in [0.29, 0.717) is 26.0 Å². The molecule has 0 amide bonds. The lowest BCUT2D eigenvalue weighted by atomic mass is 10.4. The SMILES string of the molecule is Brc1n[nH]nc1Br.CCCn1nnc(Br)c1Br.CCCn1nnc(Br)c1C(=O)O.CCCn1nnc(Br)c1C=O. The Hall–Kier alpha value is -1.42. The lowest BCUT2D eigenvalue weighted by Gasteiger charge is -1.98. The first-order valence-corrected chi connectivity index (χ1v) is 16.1. The third kappa shape index (κ3) is 11.8. The molecule has 0 aliphatic rings. The van der Waals surface area contributed by atoms with Gasteiger partial charge in [-0.15, -0.1) is 25.5 Å². The van der Waals surface area contributed by atoms with Gasteiger partial charge in [-0.2, -0.15) is 5.21 Å². The highest BCUT2D eigenvalue weighted by Gasteiger charge is 2.16. The summed E-state index contributed by atoms with van der Waals surface area (Å²) in [5.74, 6) is -1.01. The van der Waals surface area contributed by atoms with E-state index < -0.39 is 5.97 Å². The number of hydrogen-bond acceptors (Lipinski definition) is 10. The van der Waals surface area contributed by atoms with Crippen molar-refractivity contribution >= 4 is 108 Å². The maximum Gasteiger partial charge on any atom is 0.357 e. The fourth-order valence-corrected chi connectivity index (χ4v) is 4.24. The Morgan fingerprint density at radius 2 is 1.18 bits per heavy atom. The number of aromatic carboxylic acids is 1. The molecular weight excluding hydrogens is 924 g/mol. The highest BCUT2D eigenvalue weighted by molar-refractivity contribution is 9.13. The minimum absolute atomic E-state index is 0.108. The molecule has 0 fully saturated rings. The van der Waals surface area contributed by atoms with Crippen molar-refractivity contribution in [3.63, 3.8) is 0 Å². The molecule has 0 aromatic carbocycles. The Kier molecular flexibility index (Phi) is 18.0. The molecule has 220 valence electrons. The number of nitrogens with zero attached hydrogens (tertiary/aromatic N) is 11. The van der Waals surface area contributed by atoms with Gasteiger partial charge < -0.3 is 5.11 Å². The number of carbonyl (C=O) groups excluding carboxylic acids is 1. The van der Waals surface area contributed by atoms with E-state index in [4.69, 9.17) is 5.11 Å². The summed E-state index contributed by atoms with van der Waals surface area (Å²) < 4.78 is 8.63. The number of hydrogen-bond donors (Lipinski definition) is 2. The second-order valence-corrected chi connectivity index (χ2v) is 11.7. The molecule has 0 aliphatic heterocycles. The van der Waals surface area contributed by atoms with Gasteiger partial charge in [-0.3, -0.25) is 4.79 Å². The summed E-state index contributed by atoms with van der Waals surface area (Å²) in [6.45, 7) is 8.26. The second kappa shape index (κ2) is 19.7. The summed E-state index contributed by atoms with van der Waals surface area (Å²) in [4.78, 5) is 21.1. The molecule has 40 heavy (non-hydrogen) atoms. The quantitative estimate of drug-likeness (QED) is 0.199. The van der Waals surface area contributed by atoms with E-state index in [9.17, 15) is 9.59 Å². The monoisotopic (exact) mass is 942 g/mol. The number of carbonyl (C=O) groups is 2. The molecule has 0 spiro atoms. The van der Waals surface area contributed by atoms with Crippen LogP contribution < -0.4 is 0 Å². The van der Waals surface area contributed by atoms with Crippen molar-refractivity contribution in [2.45, 2.75) is 59.7 Å². The Morgan fingerprint density at radius 1 is 0.725 bits per heavy atom. The van der Waals surface area contributed by atoms with Crippen molar-refractivity contribution in [2.75, 3.05) is 0 Å². The number of halogens is 6. The summed E-state index contributed by atoms with van der Waals surface area (Å²) in [6, 6.07) is 0. The van der Waals surface area contributed by atoms with E-state index in [1.54, 1.807) is 4.68 Å². The largest absolute Gasteiger partial charge is 0.476 e. The van der Waals surface area contributed by atoms with Crippen LogP contribution >= 0.6 is 95.6 Å². The molecule has 15 nitrogen and oxygen atoms in total. The molecule has 0 atom stereocenters. The topological polar surface area (TPSA) is 188 Å². The number of aldehydes is 1. The summed E-state index contributed by atoms with van der Waals surface area (Å²) in [5.41, 5.74) is 0.615. The first-order valence-electron chi connectivity index (χ1n) is 11.3. The Morgan fingerprint density at radius 3 is 1.60 bits per heavy atom. The average molecular weight is 948 g/mol. The van der Waals surface area contributed by atoms with Crippen LogP contribution in [0.2, 0.25) is 0 Å². The summed E-state index contributed by atoms with van der Waals surface area (Å²) in [5, 5.41) is 40.9. The number of aromatic amines is 1. The predicted octanol–water partition coefficient (Wildman–Crippen LogP) is 5.95. The van der Waals surface area contributed by atoms with Crippen LogP contribution in [0.3, 0.4) is 0 Å². The van der Waals surface area contributed by atoms with E-state index in [0.717, 1.165) is 47.8 Å². The first-order chi connectivity index (χ1) is 19.0. The van der Waals surface area contributed by atoms with Crippen LogP contribution in [0.1, 0.15) is 61.0 Å². The minimum atomic E-state index is -1.01. The van der Waals surface area contributed by atoms with E-state index in [1.807, 2.05) is 18.5 Å². The average Bonchev–Trinajstić information content (AvgIpc) is 3.66. The molecule has 0 aliphatic carbocycles. The number of carboxylic acid groups (broad SMARTS) is 1. The first kappa shape index (κ1) is 36.6. The zero-order chi connectivity index (χ0) is 30.2. The van der Waals surface area contributed by atoms with Crippen molar-refractivity contribution in [1.82, 2.24) is 60.4 Å². The summed E-state index contributed by atoms with van der Waals surface area (Å²) in [6.07, 6.45) is 3.58. The van der Waals surface area contributed by atoms with E-state index >= 15 is 0 Å². The van der Waals surface area contributed by atoms with Crippen LogP contribution in [0.4, 0.5) is 0 Å². The zero-order valence-electron chi connectivity index (χ0n) is 21.3. The van der Waals surface area contributed by atoms with Crippen LogP contribution in [0.25, 0.3) is 0 Å². The maximum absolute atomic E-state index is 10.6. The molecule has 0 saturated heterocycles. The number of aryl methyl sites for hydroxylation is 3. The number of nitrogens with one attached hydrogen (secondary N) is 1. The molecule has 0 radical (unpaired) electrons. The van der Waals surface area contributed by atoms with Crippen molar-refractivity contribution in [1.29, 1.82) is 0 Å². The highest BCUT2D eigenvalue weighted by Crippen LogP contribution is 2.19. The molecule has 2 N–H and O–H groups in total. The molecule has 0 saturated carbocycles. The standard InChI is InChI=1S/C6H8BrN3O2.C6H8BrN3O.C5H7Br2N3.C2HBr2N3/c1-2-3-10-4(6(11)12)5(7)8-9-10;1-2-3-10-5(4-11)6(7)8-9-10;1-2-3-10-5(7)4(6)8-9-10;3-1-2(4)6-7-5-1/h2-3H2,1H3,(H,11,12);4H,2-3H2,1H3;2-3H2,1H3;(H,5,6,7). The van der Waals surface area contributed by atoms with Crippen LogP contribution in [0, 0.1) is 0 Å². The lowest BCUT2D eigenvalue weighted by molar-refractivity contribution is 0.0682. The van der Waals surface area contributed by atoms with Crippen molar-refractivity contribution < 1.29 is 14.7 Å². The van der Waals surface area contributed by atoms with Crippen molar-refractivity contribution in [2.24, 2.45) is 0 Å². The molecule has 0 unspecified atom stereocenters. The van der Waals surface area contributed by atoms with Crippen LogP contribution in [-0.2, 0) is 19.6 Å². The van der Waals surface area contributed by atoms with Crippen molar-refractivity contribution in [3.8, 4) is 0 Å². The highest BCUT2D eigenvalue weighted by atomic mass is 79.9. The fourth-order valence-electron chi connectivity index (χ4n) is 2.48. The van der Waals surface area contributed by atoms with Crippen molar-refractivity contribution in [3.05, 3.63) is 39.0 Å². The molecule has 0 bridgehead atoms. The van der Waals surface area contributed by atoms with E-state index in [1.165, 1.54) is 4.68 Å². The van der Waals surface area contributed by atoms with Gasteiger partial charge in [0.15, 0.2) is 35.0 Å². The van der Waals surface area contributed by atoms with Gasteiger partial charge in [-0.25, -0.2) is 18.8 Å². The molecule has 4 rings (SSSR count). The van der Waals surface area contributed by atoms with E-state index in [2.05, 4.69) is 149 Å². The maximum atomic E-state index is 10.6. The Bertz CT molecular complexity index is 1320. The summed E-state index contributed by atoms with van der Waals surface area (Å²) in [7, 11) is 0. The Labute approximate surface area is 279 Å². The normalized spacial score (nSPS) is 10.0. The summed E-state index contributed by atoms with van der Waals surface area (Å²) >= 11 is 18.9. The Balaban J connectivity index is 0.000000271. The van der Waals surface area contributed by atoms with Gasteiger partial charge in [-0.05, 0) is 115 Å². The zero-order valence-corrected chi connectivity index (χ0v) is 30.8. The number of carboxylic acids is 1. The number of rotatable bonds is 8. The van der Waals surface area contributed by atoms with Gasteiger partial charge in [-0.1, -0.05) is 36.4 Å². The van der Waals surface area contributed by atoms with E-state index in [-0.39, 0.29) is 10.3 Å². The van der Waals surface area contributed by atoms with Gasteiger partial charge in [0.1, 0.15) is 10.3 Å². The smallest absolute Gasteiger partial charge is 0.357 e. The van der Waals surface area contributed by atoms with Crippen LogP contribution in [0.5, 0.6) is 0 Å². The predicted molar refractivity (Wildman–Crippen MR) is 166 cm³/mol. The van der Waals surface area contributed by atoms with Gasteiger partial charge in [0, 0.05) is 19.6 Å². The van der Waals surface area contributed by atoms with Crippen LogP contribution in [0.15, 0.2) is 27.6 Å². The molecule has 4 aromatic heterocycles. The van der Waals surface area contributed by atoms with Gasteiger partial charge in [0.05, 0.1) is 0 Å². The van der Waals surface area contributed by atoms with Gasteiger partial charge in [0.2, 0.25) is 0 Å². The third-order valence-corrected chi connectivity index (χ3v) is 8.74. The molecule has 4 aromatic rings. The number of H-pyrrole nitrogens is 1. The minimum Gasteiger partial charge on any atom is -0.476 e. The third-order valence-electron chi connectivity index (χ3n) is 4.15. The second-order valence-electron chi connectivity index (χ2n) is 7.16. The molecule has 21 heteroatoms. The lowest BCUT2D eigenvalue weighted by Crippen LogP contribution is -2.10. The van der Waals surface area contributed by atoms with Gasteiger partial charge in [0.25, 0.3) is 0 Å².